The van der Waals surface area contributed by atoms with Crippen LogP contribution in [-0.4, -0.2) is 45.5 Å². The van der Waals surface area contributed by atoms with Crippen LogP contribution in [0.5, 0.6) is 0 Å². The minimum Gasteiger partial charge on any atom is -0.344 e. The van der Waals surface area contributed by atoms with E-state index in [1.165, 1.54) is 0 Å². The van der Waals surface area contributed by atoms with E-state index in [0.29, 0.717) is 47.7 Å². The van der Waals surface area contributed by atoms with Crippen molar-refractivity contribution in [3.05, 3.63) is 41.6 Å². The molecular weight excluding hydrogens is 464 g/mol. The van der Waals surface area contributed by atoms with Crippen LogP contribution in [0.15, 0.2) is 30.7 Å². The largest absolute Gasteiger partial charge is 0.344 e. The van der Waals surface area contributed by atoms with Gasteiger partial charge in [-0.1, -0.05) is 18.0 Å². The summed E-state index contributed by atoms with van der Waals surface area (Å²) in [6, 6.07) is 3.75. The van der Waals surface area contributed by atoms with Gasteiger partial charge >= 0.3 is 0 Å². The van der Waals surface area contributed by atoms with Crippen LogP contribution in [-0.2, 0) is 25.6 Å². The van der Waals surface area contributed by atoms with Crippen molar-refractivity contribution in [2.75, 3.05) is 5.32 Å². The fourth-order valence-electron chi connectivity index (χ4n) is 4.82. The standard InChI is InChI=1S/C22H22ClF2N9/c1-32-16(4-7-27-32)28-21-26-11-14(23)17(29-21)13-10-15-18-30-31-20(22(19(24)25)5-2-6-22)34(18)9-3-8-33(15)12-13/h4,7,10-12,19H,2-3,5-6,8-9H2,1H3,(H,26,28,29). The molecule has 9 nitrogen and oxygen atoms in total. The Morgan fingerprint density at radius 1 is 1.18 bits per heavy atom. The number of halogens is 3. The van der Waals surface area contributed by atoms with Crippen LogP contribution in [0, 0.1) is 0 Å². The molecule has 4 aromatic heterocycles. The maximum atomic E-state index is 14.0. The molecule has 0 saturated heterocycles. The van der Waals surface area contributed by atoms with Gasteiger partial charge in [0.25, 0.3) is 6.43 Å². The second-order valence-corrected chi connectivity index (χ2v) is 9.23. The molecule has 1 aliphatic heterocycles. The third kappa shape index (κ3) is 3.21. The lowest BCUT2D eigenvalue weighted by Gasteiger charge is -2.40. The Labute approximate surface area is 198 Å². The maximum absolute atomic E-state index is 14.0. The highest BCUT2D eigenvalue weighted by atomic mass is 35.5. The van der Waals surface area contributed by atoms with E-state index in [1.54, 1.807) is 17.1 Å². The first-order chi connectivity index (χ1) is 16.5. The molecule has 1 N–H and O–H groups in total. The minimum absolute atomic E-state index is 0.388. The Bertz CT molecular complexity index is 1370. The normalized spacial score (nSPS) is 16.6. The Morgan fingerprint density at radius 3 is 2.74 bits per heavy atom. The van der Waals surface area contributed by atoms with Crippen LogP contribution in [0.1, 0.15) is 31.5 Å². The number of rotatable bonds is 5. The van der Waals surface area contributed by atoms with Crippen LogP contribution < -0.4 is 5.32 Å². The first-order valence-corrected chi connectivity index (χ1v) is 11.5. The predicted octanol–water partition coefficient (Wildman–Crippen LogP) is 4.42. The van der Waals surface area contributed by atoms with Gasteiger partial charge < -0.3 is 14.5 Å². The molecule has 1 saturated carbocycles. The van der Waals surface area contributed by atoms with Gasteiger partial charge in [0.05, 0.1) is 34.2 Å². The fraction of sp³-hybridized carbons (Fsp3) is 0.409. The van der Waals surface area contributed by atoms with Gasteiger partial charge in [-0.3, -0.25) is 4.68 Å². The molecule has 0 spiro atoms. The molecule has 0 radical (unpaired) electrons. The van der Waals surface area contributed by atoms with Crippen molar-refractivity contribution in [3.8, 4) is 22.8 Å². The van der Waals surface area contributed by atoms with Crippen molar-refractivity contribution in [3.63, 3.8) is 0 Å². The molecule has 1 fully saturated rings. The Hall–Kier alpha value is -3.34. The van der Waals surface area contributed by atoms with Gasteiger partial charge in [0.2, 0.25) is 5.95 Å². The average Bonchev–Trinajstić information content (AvgIpc) is 3.46. The summed E-state index contributed by atoms with van der Waals surface area (Å²) in [7, 11) is 1.82. The van der Waals surface area contributed by atoms with Gasteiger partial charge in [0.1, 0.15) is 11.6 Å². The van der Waals surface area contributed by atoms with Crippen LogP contribution in [0.4, 0.5) is 20.5 Å². The zero-order valence-corrected chi connectivity index (χ0v) is 19.2. The van der Waals surface area contributed by atoms with E-state index in [2.05, 4.69) is 35.1 Å². The van der Waals surface area contributed by atoms with Crippen molar-refractivity contribution in [1.82, 2.24) is 39.1 Å². The number of aromatic nitrogens is 8. The van der Waals surface area contributed by atoms with E-state index in [1.807, 2.05) is 29.9 Å². The van der Waals surface area contributed by atoms with Gasteiger partial charge in [-0.2, -0.15) is 5.10 Å². The topological polar surface area (TPSA) is 91.3 Å². The number of aryl methyl sites for hydroxylation is 2. The van der Waals surface area contributed by atoms with Gasteiger partial charge in [-0.05, 0) is 25.3 Å². The van der Waals surface area contributed by atoms with Gasteiger partial charge in [-0.25, -0.2) is 18.7 Å². The van der Waals surface area contributed by atoms with Gasteiger partial charge in [-0.15, -0.1) is 10.2 Å². The summed E-state index contributed by atoms with van der Waals surface area (Å²) >= 11 is 6.47. The predicted molar refractivity (Wildman–Crippen MR) is 122 cm³/mol. The summed E-state index contributed by atoms with van der Waals surface area (Å²) < 4.78 is 33.6. The molecule has 34 heavy (non-hydrogen) atoms. The molecule has 0 amide bonds. The Morgan fingerprint density at radius 2 is 2.03 bits per heavy atom. The summed E-state index contributed by atoms with van der Waals surface area (Å²) in [5, 5.41) is 16.3. The lowest BCUT2D eigenvalue weighted by molar-refractivity contribution is -0.00701. The van der Waals surface area contributed by atoms with Gasteiger partial charge in [0, 0.05) is 38.0 Å². The number of alkyl halides is 2. The zero-order chi connectivity index (χ0) is 23.4. The van der Waals surface area contributed by atoms with Gasteiger partial charge in [0.15, 0.2) is 5.82 Å². The van der Waals surface area contributed by atoms with E-state index in [0.717, 1.165) is 36.5 Å². The first-order valence-electron chi connectivity index (χ1n) is 11.2. The molecule has 4 aromatic rings. The third-order valence-electron chi connectivity index (χ3n) is 6.84. The third-order valence-corrected chi connectivity index (χ3v) is 7.12. The monoisotopic (exact) mass is 485 g/mol. The van der Waals surface area contributed by atoms with Crippen LogP contribution in [0.25, 0.3) is 22.8 Å². The van der Waals surface area contributed by atoms with E-state index >= 15 is 0 Å². The van der Waals surface area contributed by atoms with Crippen molar-refractivity contribution >= 4 is 23.4 Å². The van der Waals surface area contributed by atoms with Crippen molar-refractivity contribution in [2.24, 2.45) is 7.05 Å². The molecule has 0 atom stereocenters. The molecule has 0 bridgehead atoms. The van der Waals surface area contributed by atoms with E-state index in [-0.39, 0.29) is 0 Å². The van der Waals surface area contributed by atoms with Crippen molar-refractivity contribution in [2.45, 2.75) is 50.6 Å². The van der Waals surface area contributed by atoms with Crippen LogP contribution in [0.2, 0.25) is 5.02 Å². The molecular formula is C22H22ClF2N9. The summed E-state index contributed by atoms with van der Waals surface area (Å²) in [4.78, 5) is 8.90. The quantitative estimate of drug-likeness (QED) is 0.450. The molecule has 12 heteroatoms. The van der Waals surface area contributed by atoms with Crippen LogP contribution >= 0.6 is 11.6 Å². The molecule has 5 heterocycles. The average molecular weight is 486 g/mol. The number of hydrogen-bond donors (Lipinski definition) is 1. The molecule has 1 aliphatic carbocycles. The number of hydrogen-bond acceptors (Lipinski definition) is 6. The highest BCUT2D eigenvalue weighted by Crippen LogP contribution is 2.48. The van der Waals surface area contributed by atoms with E-state index in [9.17, 15) is 8.78 Å². The number of nitrogens with one attached hydrogen (secondary N) is 1. The summed E-state index contributed by atoms with van der Waals surface area (Å²) in [6.07, 6.45) is 5.19. The summed E-state index contributed by atoms with van der Waals surface area (Å²) in [5.74, 6) is 2.14. The molecule has 6 rings (SSSR count). The SMILES string of the molecule is Cn1nccc1Nc1ncc(Cl)c(-c2cc3n(c2)CCCn2c-3nnc2C2(C(F)F)CCC2)n1. The number of nitrogens with zero attached hydrogens (tertiary/aromatic N) is 8. The maximum Gasteiger partial charge on any atom is 0.251 e. The Balaban J connectivity index is 1.39. The molecule has 0 unspecified atom stereocenters. The number of anilines is 2. The Kier molecular flexibility index (Phi) is 4.91. The minimum atomic E-state index is -2.45. The number of fused-ring (bicyclic) bond motifs is 3. The molecule has 2 aliphatic rings. The van der Waals surface area contributed by atoms with Crippen molar-refractivity contribution < 1.29 is 8.78 Å². The fourth-order valence-corrected chi connectivity index (χ4v) is 5.02. The molecule has 176 valence electrons. The smallest absolute Gasteiger partial charge is 0.251 e. The van der Waals surface area contributed by atoms with Crippen molar-refractivity contribution in [1.29, 1.82) is 0 Å². The lowest BCUT2D eigenvalue weighted by Crippen LogP contribution is -2.43. The van der Waals surface area contributed by atoms with E-state index in [4.69, 9.17) is 11.6 Å². The second kappa shape index (κ2) is 7.86. The summed E-state index contributed by atoms with van der Waals surface area (Å²) in [5.41, 5.74) is 0.987. The lowest BCUT2D eigenvalue weighted by atomic mass is 9.68. The first kappa shape index (κ1) is 21.2. The van der Waals surface area contributed by atoms with Crippen LogP contribution in [0.3, 0.4) is 0 Å². The zero-order valence-electron chi connectivity index (χ0n) is 18.4. The highest BCUT2D eigenvalue weighted by Gasteiger charge is 2.51. The van der Waals surface area contributed by atoms with E-state index < -0.39 is 11.8 Å². The highest BCUT2D eigenvalue weighted by molar-refractivity contribution is 6.32. The summed E-state index contributed by atoms with van der Waals surface area (Å²) in [6.45, 7) is 1.33. The molecule has 0 aromatic carbocycles. The second-order valence-electron chi connectivity index (χ2n) is 8.83.